The van der Waals surface area contributed by atoms with Crippen molar-refractivity contribution < 1.29 is 14.0 Å². The lowest BCUT2D eigenvalue weighted by molar-refractivity contribution is -0.131. The Bertz CT molecular complexity index is 707. The molecule has 6 nitrogen and oxygen atoms in total. The topological polar surface area (TPSA) is 76.7 Å². The number of nitrogens with one attached hydrogen (secondary N) is 1. The monoisotopic (exact) mass is 313 g/mol. The first-order valence-corrected chi connectivity index (χ1v) is 7.63. The van der Waals surface area contributed by atoms with E-state index in [-0.39, 0.29) is 11.8 Å². The second kappa shape index (κ2) is 6.64. The van der Waals surface area contributed by atoms with Crippen molar-refractivity contribution >= 4 is 11.6 Å². The van der Waals surface area contributed by atoms with Crippen molar-refractivity contribution in [1.82, 2.24) is 10.3 Å². The van der Waals surface area contributed by atoms with Crippen molar-refractivity contribution in [3.63, 3.8) is 0 Å². The van der Waals surface area contributed by atoms with E-state index in [9.17, 15) is 4.79 Å². The lowest BCUT2D eigenvalue weighted by Crippen LogP contribution is -2.34. The fraction of sp³-hybridized carbons (Fsp3) is 0.353. The number of nitrogens with zero attached hydrogens (tertiary/aromatic N) is 2. The lowest BCUT2D eigenvalue weighted by Gasteiger charge is -2.08. The Balaban J connectivity index is 1.53. The van der Waals surface area contributed by atoms with Gasteiger partial charge in [-0.15, -0.1) is 0 Å². The largest absolute Gasteiger partial charge is 0.444 e. The molecule has 0 spiro atoms. The molecule has 1 aromatic carbocycles. The van der Waals surface area contributed by atoms with E-state index in [2.05, 4.69) is 15.5 Å². The summed E-state index contributed by atoms with van der Waals surface area (Å²) in [5.74, 6) is 0.642. The number of oxazole rings is 1. The van der Waals surface area contributed by atoms with E-state index in [1.807, 2.05) is 44.2 Å². The summed E-state index contributed by atoms with van der Waals surface area (Å²) in [5.41, 5.74) is 2.48. The van der Waals surface area contributed by atoms with Crippen molar-refractivity contribution in [3.05, 3.63) is 42.3 Å². The first-order valence-electron chi connectivity index (χ1n) is 7.63. The van der Waals surface area contributed by atoms with Crippen LogP contribution in [0.25, 0.3) is 11.5 Å². The number of benzene rings is 1. The third-order valence-electron chi connectivity index (χ3n) is 3.67. The summed E-state index contributed by atoms with van der Waals surface area (Å²) in [6.45, 7) is 4.36. The van der Waals surface area contributed by atoms with Crippen LogP contribution in [0.4, 0.5) is 0 Å². The molecule has 1 aromatic heterocycles. The molecule has 2 heterocycles. The van der Waals surface area contributed by atoms with Crippen LogP contribution in [-0.2, 0) is 16.2 Å². The summed E-state index contributed by atoms with van der Waals surface area (Å²) < 4.78 is 5.44. The zero-order chi connectivity index (χ0) is 16.2. The minimum atomic E-state index is -0.548. The van der Waals surface area contributed by atoms with E-state index in [1.54, 1.807) is 6.26 Å². The molecule has 6 heteroatoms. The van der Waals surface area contributed by atoms with Crippen molar-refractivity contribution in [3.8, 4) is 11.5 Å². The molecule has 1 atom stereocenters. The standard InChI is InChI=1S/C17H19N3O3/c1-11(2)14-8-15(23-20-14)16(21)18-9-13-10-22-17(19-13)12-6-4-3-5-7-12/h3-7,10-11,15H,8-9H2,1-2H3,(H,18,21)/t15-/m1/s1. The van der Waals surface area contributed by atoms with E-state index in [0.29, 0.717) is 24.6 Å². The highest BCUT2D eigenvalue weighted by Crippen LogP contribution is 2.18. The Hall–Kier alpha value is -2.63. The molecule has 1 N–H and O–H groups in total. The molecule has 1 amide bonds. The molecule has 0 unspecified atom stereocenters. The van der Waals surface area contributed by atoms with Crippen molar-refractivity contribution in [2.45, 2.75) is 32.9 Å². The van der Waals surface area contributed by atoms with Gasteiger partial charge in [-0.1, -0.05) is 37.2 Å². The van der Waals surface area contributed by atoms with Crippen LogP contribution in [0.1, 0.15) is 26.0 Å². The van der Waals surface area contributed by atoms with E-state index < -0.39 is 6.10 Å². The van der Waals surface area contributed by atoms with Gasteiger partial charge >= 0.3 is 0 Å². The molecule has 1 aliphatic heterocycles. The summed E-state index contributed by atoms with van der Waals surface area (Å²) >= 11 is 0. The van der Waals surface area contributed by atoms with Gasteiger partial charge < -0.3 is 14.6 Å². The molecule has 120 valence electrons. The molecule has 0 radical (unpaired) electrons. The lowest BCUT2D eigenvalue weighted by atomic mass is 10.0. The average Bonchev–Trinajstić information content (AvgIpc) is 3.23. The second-order valence-corrected chi connectivity index (χ2v) is 5.76. The number of hydrogen-bond acceptors (Lipinski definition) is 5. The third-order valence-corrected chi connectivity index (χ3v) is 3.67. The first-order chi connectivity index (χ1) is 11.1. The van der Waals surface area contributed by atoms with E-state index in [0.717, 1.165) is 11.3 Å². The molecular formula is C17H19N3O3. The van der Waals surface area contributed by atoms with Crippen LogP contribution >= 0.6 is 0 Å². The van der Waals surface area contributed by atoms with Gasteiger partial charge in [-0.2, -0.15) is 0 Å². The van der Waals surface area contributed by atoms with Gasteiger partial charge in [0.2, 0.25) is 12.0 Å². The predicted octanol–water partition coefficient (Wildman–Crippen LogP) is 2.76. The Morgan fingerprint density at radius 2 is 2.13 bits per heavy atom. The number of rotatable bonds is 5. The summed E-state index contributed by atoms with van der Waals surface area (Å²) in [6, 6.07) is 9.62. The minimum absolute atomic E-state index is 0.186. The first kappa shape index (κ1) is 15.3. The average molecular weight is 313 g/mol. The maximum absolute atomic E-state index is 12.1. The van der Waals surface area contributed by atoms with E-state index in [4.69, 9.17) is 9.25 Å². The van der Waals surface area contributed by atoms with Gasteiger partial charge in [-0.3, -0.25) is 4.79 Å². The molecule has 3 rings (SSSR count). The maximum atomic E-state index is 12.1. The van der Waals surface area contributed by atoms with Crippen LogP contribution in [0.3, 0.4) is 0 Å². The van der Waals surface area contributed by atoms with Crippen LogP contribution in [-0.4, -0.2) is 22.7 Å². The van der Waals surface area contributed by atoms with Crippen molar-refractivity contribution in [2.24, 2.45) is 11.1 Å². The van der Waals surface area contributed by atoms with Crippen LogP contribution in [0.5, 0.6) is 0 Å². The molecule has 1 aliphatic rings. The number of carbonyl (C=O) groups excluding carboxylic acids is 1. The molecule has 2 aromatic rings. The number of carbonyl (C=O) groups is 1. The molecule has 0 saturated carbocycles. The van der Waals surface area contributed by atoms with E-state index >= 15 is 0 Å². The van der Waals surface area contributed by atoms with Crippen LogP contribution in [0.15, 0.2) is 46.2 Å². The maximum Gasteiger partial charge on any atom is 0.264 e. The molecule has 0 saturated heterocycles. The van der Waals surface area contributed by atoms with Gasteiger partial charge in [0.1, 0.15) is 6.26 Å². The Morgan fingerprint density at radius 1 is 1.35 bits per heavy atom. The summed E-state index contributed by atoms with van der Waals surface area (Å²) in [5, 5.41) is 6.76. The number of amides is 1. The Kier molecular flexibility index (Phi) is 4.41. The summed E-state index contributed by atoms with van der Waals surface area (Å²) in [4.78, 5) is 21.7. The molecule has 0 fully saturated rings. The highest BCUT2D eigenvalue weighted by Gasteiger charge is 2.29. The summed E-state index contributed by atoms with van der Waals surface area (Å²) in [6.07, 6.45) is 1.54. The van der Waals surface area contributed by atoms with Gasteiger partial charge in [0.25, 0.3) is 5.91 Å². The SMILES string of the molecule is CC(C)C1=NO[C@@H](C(=O)NCc2coc(-c3ccccc3)n2)C1. The molecule has 0 bridgehead atoms. The van der Waals surface area contributed by atoms with Crippen LogP contribution < -0.4 is 5.32 Å². The second-order valence-electron chi connectivity index (χ2n) is 5.76. The highest BCUT2D eigenvalue weighted by atomic mass is 16.6. The normalized spacial score (nSPS) is 17.0. The Morgan fingerprint density at radius 3 is 2.83 bits per heavy atom. The number of oxime groups is 1. The number of aromatic nitrogens is 1. The predicted molar refractivity (Wildman–Crippen MR) is 85.5 cm³/mol. The fourth-order valence-electron chi connectivity index (χ4n) is 2.27. The molecule has 23 heavy (non-hydrogen) atoms. The quantitative estimate of drug-likeness (QED) is 0.921. The minimum Gasteiger partial charge on any atom is -0.444 e. The van der Waals surface area contributed by atoms with Crippen LogP contribution in [0, 0.1) is 5.92 Å². The van der Waals surface area contributed by atoms with Gasteiger partial charge in [0.05, 0.1) is 18.0 Å². The van der Waals surface area contributed by atoms with Crippen molar-refractivity contribution in [1.29, 1.82) is 0 Å². The number of hydrogen-bond donors (Lipinski definition) is 1. The van der Waals surface area contributed by atoms with Gasteiger partial charge in [0.15, 0.2) is 0 Å². The zero-order valence-corrected chi connectivity index (χ0v) is 13.2. The van der Waals surface area contributed by atoms with E-state index in [1.165, 1.54) is 0 Å². The fourth-order valence-corrected chi connectivity index (χ4v) is 2.27. The molecular weight excluding hydrogens is 294 g/mol. The van der Waals surface area contributed by atoms with Gasteiger partial charge in [0, 0.05) is 12.0 Å². The van der Waals surface area contributed by atoms with Gasteiger partial charge in [-0.25, -0.2) is 4.98 Å². The molecule has 0 aliphatic carbocycles. The summed E-state index contributed by atoms with van der Waals surface area (Å²) in [7, 11) is 0. The smallest absolute Gasteiger partial charge is 0.264 e. The van der Waals surface area contributed by atoms with Gasteiger partial charge in [-0.05, 0) is 18.1 Å². The van der Waals surface area contributed by atoms with Crippen molar-refractivity contribution in [2.75, 3.05) is 0 Å². The Labute approximate surface area is 134 Å². The third kappa shape index (κ3) is 3.59. The highest BCUT2D eigenvalue weighted by molar-refractivity contribution is 5.93. The zero-order valence-electron chi connectivity index (χ0n) is 13.2. The van der Waals surface area contributed by atoms with Crippen LogP contribution in [0.2, 0.25) is 0 Å².